The zero-order chi connectivity index (χ0) is 16.9. The molecule has 1 N–H and O–H groups in total. The van der Waals surface area contributed by atoms with E-state index in [2.05, 4.69) is 5.10 Å². The molecule has 3 rings (SSSR count). The third-order valence-electron chi connectivity index (χ3n) is 3.46. The molecule has 24 heavy (non-hydrogen) atoms. The Morgan fingerprint density at radius 2 is 1.71 bits per heavy atom. The number of hydrogen-bond acceptors (Lipinski definition) is 3. The van der Waals surface area contributed by atoms with Gasteiger partial charge >= 0.3 is 5.97 Å². The first-order valence-corrected chi connectivity index (χ1v) is 7.24. The first-order chi connectivity index (χ1) is 11.7. The van der Waals surface area contributed by atoms with Crippen LogP contribution in [0.5, 0.6) is 0 Å². The summed E-state index contributed by atoms with van der Waals surface area (Å²) in [7, 11) is 0. The summed E-state index contributed by atoms with van der Waals surface area (Å²) in [5.74, 6) is -1.26. The van der Waals surface area contributed by atoms with Crippen LogP contribution in [-0.4, -0.2) is 20.9 Å². The fourth-order valence-electron chi connectivity index (χ4n) is 2.32. The number of aromatic nitrogens is 2. The molecule has 0 atom stereocenters. The molecule has 0 saturated carbocycles. The fourth-order valence-corrected chi connectivity index (χ4v) is 2.32. The normalized spacial score (nSPS) is 11.0. The lowest BCUT2D eigenvalue weighted by Crippen LogP contribution is -1.97. The third kappa shape index (κ3) is 3.08. The summed E-state index contributed by atoms with van der Waals surface area (Å²) in [6.45, 7) is 0. The SMILES string of the molecule is N#CC(=Cc1cn(-c2ccccc2)nc1-c1ccccc1)C(=O)O. The van der Waals surface area contributed by atoms with Crippen molar-refractivity contribution in [1.29, 1.82) is 5.26 Å². The summed E-state index contributed by atoms with van der Waals surface area (Å²) in [6.07, 6.45) is 3.06. The van der Waals surface area contributed by atoms with Crippen LogP contribution in [0.4, 0.5) is 0 Å². The van der Waals surface area contributed by atoms with Gasteiger partial charge in [0.05, 0.1) is 11.4 Å². The van der Waals surface area contributed by atoms with Gasteiger partial charge in [-0.15, -0.1) is 0 Å². The Bertz CT molecular complexity index is 936. The van der Waals surface area contributed by atoms with Crippen LogP contribution in [0.15, 0.2) is 72.4 Å². The Kier molecular flexibility index (Phi) is 4.21. The number of hydrogen-bond donors (Lipinski definition) is 1. The van der Waals surface area contributed by atoms with Crippen LogP contribution in [0.3, 0.4) is 0 Å². The van der Waals surface area contributed by atoms with Gasteiger partial charge in [0.15, 0.2) is 0 Å². The molecular weight excluding hydrogens is 302 g/mol. The molecule has 0 bridgehead atoms. The topological polar surface area (TPSA) is 78.9 Å². The number of carboxylic acids is 1. The number of para-hydroxylation sites is 1. The van der Waals surface area contributed by atoms with Gasteiger partial charge in [0, 0.05) is 17.3 Å². The Labute approximate surface area is 138 Å². The molecule has 3 aromatic rings. The van der Waals surface area contributed by atoms with Crippen molar-refractivity contribution in [3.05, 3.63) is 78.0 Å². The van der Waals surface area contributed by atoms with E-state index in [1.54, 1.807) is 16.9 Å². The van der Waals surface area contributed by atoms with Crippen molar-refractivity contribution in [3.8, 4) is 23.0 Å². The van der Waals surface area contributed by atoms with Gasteiger partial charge in [-0.25, -0.2) is 9.48 Å². The van der Waals surface area contributed by atoms with E-state index >= 15 is 0 Å². The molecule has 0 saturated heterocycles. The van der Waals surface area contributed by atoms with E-state index in [0.29, 0.717) is 11.3 Å². The maximum Gasteiger partial charge on any atom is 0.346 e. The van der Waals surface area contributed by atoms with Crippen LogP contribution in [0.1, 0.15) is 5.56 Å². The molecule has 5 nitrogen and oxygen atoms in total. The van der Waals surface area contributed by atoms with Gasteiger partial charge in [0.25, 0.3) is 0 Å². The van der Waals surface area contributed by atoms with Crippen LogP contribution in [-0.2, 0) is 4.79 Å². The maximum absolute atomic E-state index is 11.1. The molecule has 0 amide bonds. The van der Waals surface area contributed by atoms with Crippen LogP contribution in [0.25, 0.3) is 23.0 Å². The summed E-state index contributed by atoms with van der Waals surface area (Å²) in [5.41, 5.74) is 2.56. The maximum atomic E-state index is 11.1. The summed E-state index contributed by atoms with van der Waals surface area (Å²) in [5, 5.41) is 22.7. The largest absolute Gasteiger partial charge is 0.477 e. The molecule has 0 radical (unpaired) electrons. The first kappa shape index (κ1) is 15.3. The fraction of sp³-hybridized carbons (Fsp3) is 0. The molecule has 0 aliphatic heterocycles. The van der Waals surface area contributed by atoms with E-state index in [4.69, 9.17) is 10.4 Å². The van der Waals surface area contributed by atoms with Gasteiger partial charge in [-0.05, 0) is 18.2 Å². The summed E-state index contributed by atoms with van der Waals surface area (Å²) in [4.78, 5) is 11.1. The second kappa shape index (κ2) is 6.63. The Balaban J connectivity index is 2.18. The Morgan fingerprint density at radius 1 is 1.08 bits per heavy atom. The lowest BCUT2D eigenvalue weighted by atomic mass is 10.1. The number of carbonyl (C=O) groups is 1. The van der Waals surface area contributed by atoms with Crippen LogP contribution in [0.2, 0.25) is 0 Å². The monoisotopic (exact) mass is 315 g/mol. The predicted octanol–water partition coefficient (Wildman–Crippen LogP) is 3.53. The number of aliphatic carboxylic acids is 1. The zero-order valence-corrected chi connectivity index (χ0v) is 12.6. The molecule has 0 unspecified atom stereocenters. The molecule has 0 aliphatic rings. The third-order valence-corrected chi connectivity index (χ3v) is 3.46. The minimum atomic E-state index is -1.26. The van der Waals surface area contributed by atoms with Crippen LogP contribution in [0, 0.1) is 11.3 Å². The standard InChI is InChI=1S/C19H13N3O2/c20-12-15(19(23)24)11-16-13-22(17-9-5-2-6-10-17)21-18(16)14-7-3-1-4-8-14/h1-11,13H,(H,23,24). The molecule has 0 aliphatic carbocycles. The number of benzene rings is 2. The van der Waals surface area contributed by atoms with Gasteiger partial charge in [-0.3, -0.25) is 0 Å². The van der Waals surface area contributed by atoms with Crippen molar-refractivity contribution < 1.29 is 9.90 Å². The van der Waals surface area contributed by atoms with Gasteiger partial charge in [-0.1, -0.05) is 48.5 Å². The molecule has 0 fully saturated rings. The van der Waals surface area contributed by atoms with Crippen molar-refractivity contribution in [3.63, 3.8) is 0 Å². The second-order valence-electron chi connectivity index (χ2n) is 5.05. The van der Waals surface area contributed by atoms with Gasteiger partial charge in [0.1, 0.15) is 11.6 Å². The van der Waals surface area contributed by atoms with E-state index in [-0.39, 0.29) is 5.57 Å². The number of nitrogens with zero attached hydrogens (tertiary/aromatic N) is 3. The minimum Gasteiger partial charge on any atom is -0.477 e. The Hall–Kier alpha value is -3.65. The predicted molar refractivity (Wildman–Crippen MR) is 90.2 cm³/mol. The van der Waals surface area contributed by atoms with Gasteiger partial charge in [0.2, 0.25) is 0 Å². The highest BCUT2D eigenvalue weighted by Crippen LogP contribution is 2.25. The highest BCUT2D eigenvalue weighted by Gasteiger charge is 2.14. The van der Waals surface area contributed by atoms with Crippen molar-refractivity contribution >= 4 is 12.0 Å². The zero-order valence-electron chi connectivity index (χ0n) is 12.6. The van der Waals surface area contributed by atoms with E-state index in [1.807, 2.05) is 60.7 Å². The molecule has 1 heterocycles. The number of rotatable bonds is 4. The molecule has 5 heteroatoms. The average Bonchev–Trinajstić information content (AvgIpc) is 3.05. The molecular formula is C19H13N3O2. The number of carboxylic acid groups (broad SMARTS) is 1. The summed E-state index contributed by atoms with van der Waals surface area (Å²) in [6, 6.07) is 20.6. The van der Waals surface area contributed by atoms with Crippen molar-refractivity contribution in [1.82, 2.24) is 9.78 Å². The summed E-state index contributed by atoms with van der Waals surface area (Å²) >= 11 is 0. The van der Waals surface area contributed by atoms with Crippen molar-refractivity contribution in [2.24, 2.45) is 0 Å². The average molecular weight is 315 g/mol. The van der Waals surface area contributed by atoms with Gasteiger partial charge < -0.3 is 5.11 Å². The van der Waals surface area contributed by atoms with Crippen molar-refractivity contribution in [2.75, 3.05) is 0 Å². The lowest BCUT2D eigenvalue weighted by molar-refractivity contribution is -0.132. The first-order valence-electron chi connectivity index (χ1n) is 7.24. The highest BCUT2D eigenvalue weighted by atomic mass is 16.4. The second-order valence-corrected chi connectivity index (χ2v) is 5.05. The van der Waals surface area contributed by atoms with Crippen LogP contribution < -0.4 is 0 Å². The van der Waals surface area contributed by atoms with Crippen LogP contribution >= 0.6 is 0 Å². The Morgan fingerprint density at radius 3 is 2.29 bits per heavy atom. The van der Waals surface area contributed by atoms with E-state index in [9.17, 15) is 4.79 Å². The molecule has 2 aromatic carbocycles. The lowest BCUT2D eigenvalue weighted by Gasteiger charge is -2.00. The highest BCUT2D eigenvalue weighted by molar-refractivity contribution is 5.97. The smallest absolute Gasteiger partial charge is 0.346 e. The molecule has 1 aromatic heterocycles. The molecule has 116 valence electrons. The van der Waals surface area contributed by atoms with E-state index < -0.39 is 5.97 Å². The summed E-state index contributed by atoms with van der Waals surface area (Å²) < 4.78 is 1.67. The van der Waals surface area contributed by atoms with E-state index in [0.717, 1.165) is 11.3 Å². The van der Waals surface area contributed by atoms with Gasteiger partial charge in [-0.2, -0.15) is 10.4 Å². The van der Waals surface area contributed by atoms with Crippen molar-refractivity contribution in [2.45, 2.75) is 0 Å². The van der Waals surface area contributed by atoms with E-state index in [1.165, 1.54) is 6.08 Å². The minimum absolute atomic E-state index is 0.334. The molecule has 0 spiro atoms. The number of nitriles is 1. The quantitative estimate of drug-likeness (QED) is 0.590.